The lowest BCUT2D eigenvalue weighted by Crippen LogP contribution is -2.39. The van der Waals surface area contributed by atoms with Gasteiger partial charge in [-0.15, -0.1) is 0 Å². The Kier molecular flexibility index (Phi) is 7.66. The molecule has 1 saturated heterocycles. The van der Waals surface area contributed by atoms with Crippen LogP contribution in [0.5, 0.6) is 0 Å². The highest BCUT2D eigenvalue weighted by molar-refractivity contribution is 6.09. The molecule has 2 aromatic heterocycles. The largest absolute Gasteiger partial charge is 0.392 e. The Hall–Kier alpha value is -4.46. The molecule has 0 spiro atoms. The van der Waals surface area contributed by atoms with Crippen molar-refractivity contribution in [3.05, 3.63) is 70.8 Å². The first kappa shape index (κ1) is 28.3. The van der Waals surface area contributed by atoms with Crippen molar-refractivity contribution in [1.29, 1.82) is 0 Å². The lowest BCUT2D eigenvalue weighted by molar-refractivity contribution is 0.0360. The summed E-state index contributed by atoms with van der Waals surface area (Å²) in [6, 6.07) is 8.72. The highest BCUT2D eigenvalue weighted by Gasteiger charge is 2.33. The minimum absolute atomic E-state index is 0.0111. The zero-order valence-corrected chi connectivity index (χ0v) is 24.2. The van der Waals surface area contributed by atoms with E-state index in [2.05, 4.69) is 30.3 Å². The molecule has 3 aliphatic rings. The number of hydrogen-bond acceptors (Lipinski definition) is 10. The molecule has 4 aromatic rings. The Morgan fingerprint density at radius 2 is 1.93 bits per heavy atom. The van der Waals surface area contributed by atoms with E-state index >= 15 is 4.39 Å². The van der Waals surface area contributed by atoms with Crippen molar-refractivity contribution in [1.82, 2.24) is 29.6 Å². The smallest absolute Gasteiger partial charge is 0.261 e. The van der Waals surface area contributed by atoms with Gasteiger partial charge in [-0.25, -0.2) is 4.39 Å². The number of aliphatic hydroxyl groups excluding tert-OH is 1. The van der Waals surface area contributed by atoms with Gasteiger partial charge in [0.25, 0.3) is 5.91 Å². The number of rotatable bonds is 9. The standard InChI is InChI=1S/C31H34FN9O3/c32-25-15-21(19-4-5-19)14-20-6-7-41(29(43)27(20)25)26-3-1-2-23(24(26)18-42)28-36-30(33)38-31(37-28)35-22-16-34-40(17-22)9-8-39-10-12-44-13-11-39/h1-3,14-17,19,42H,4-13,18H2,(H3,33,35,36,37,38). The molecular formula is C31H34FN9O3. The van der Waals surface area contributed by atoms with E-state index in [0.29, 0.717) is 41.4 Å². The molecule has 44 heavy (non-hydrogen) atoms. The number of carbonyl (C=O) groups is 1. The van der Waals surface area contributed by atoms with E-state index in [0.717, 1.165) is 63.4 Å². The number of amides is 1. The van der Waals surface area contributed by atoms with Gasteiger partial charge in [0.15, 0.2) is 5.82 Å². The summed E-state index contributed by atoms with van der Waals surface area (Å²) in [6.45, 7) is 4.88. The molecule has 1 aliphatic carbocycles. The lowest BCUT2D eigenvalue weighted by Gasteiger charge is -2.31. The zero-order chi connectivity index (χ0) is 30.2. The van der Waals surface area contributed by atoms with Gasteiger partial charge in [-0.05, 0) is 48.4 Å². The highest BCUT2D eigenvalue weighted by Crippen LogP contribution is 2.42. The van der Waals surface area contributed by atoms with Gasteiger partial charge in [-0.2, -0.15) is 20.1 Å². The number of nitrogens with zero attached hydrogens (tertiary/aromatic N) is 7. The molecule has 12 nitrogen and oxygen atoms in total. The number of benzene rings is 2. The Balaban J connectivity index is 1.12. The number of nitrogens with two attached hydrogens (primary N) is 1. The molecule has 4 N–H and O–H groups in total. The Labute approximate surface area is 253 Å². The normalized spacial score (nSPS) is 17.1. The van der Waals surface area contributed by atoms with Gasteiger partial charge in [0.05, 0.1) is 49.5 Å². The third kappa shape index (κ3) is 5.73. The summed E-state index contributed by atoms with van der Waals surface area (Å²) in [7, 11) is 0. The Morgan fingerprint density at radius 1 is 1.09 bits per heavy atom. The first-order chi connectivity index (χ1) is 21.5. The predicted octanol–water partition coefficient (Wildman–Crippen LogP) is 3.10. The number of fused-ring (bicyclic) bond motifs is 1. The number of hydrogen-bond donors (Lipinski definition) is 3. The van der Waals surface area contributed by atoms with E-state index in [4.69, 9.17) is 10.5 Å². The van der Waals surface area contributed by atoms with Gasteiger partial charge in [0, 0.05) is 43.5 Å². The molecule has 2 aliphatic heterocycles. The van der Waals surface area contributed by atoms with Crippen LogP contribution in [0.25, 0.3) is 11.4 Å². The third-order valence-corrected chi connectivity index (χ3v) is 8.44. The maximum Gasteiger partial charge on any atom is 0.261 e. The number of morpholine rings is 1. The zero-order valence-electron chi connectivity index (χ0n) is 24.2. The topological polar surface area (TPSA) is 148 Å². The predicted molar refractivity (Wildman–Crippen MR) is 162 cm³/mol. The lowest BCUT2D eigenvalue weighted by atomic mass is 9.93. The minimum Gasteiger partial charge on any atom is -0.392 e. The number of aromatic nitrogens is 5. The maximum atomic E-state index is 15.2. The van der Waals surface area contributed by atoms with Gasteiger partial charge in [-0.3, -0.25) is 14.4 Å². The van der Waals surface area contributed by atoms with E-state index in [-0.39, 0.29) is 23.3 Å². The molecule has 0 radical (unpaired) electrons. The molecule has 4 heterocycles. The molecule has 2 aromatic carbocycles. The fourth-order valence-corrected chi connectivity index (χ4v) is 5.99. The van der Waals surface area contributed by atoms with Crippen LogP contribution in [0.15, 0.2) is 42.7 Å². The summed E-state index contributed by atoms with van der Waals surface area (Å²) >= 11 is 0. The SMILES string of the molecule is Nc1nc(Nc2cnn(CCN3CCOCC3)c2)nc(-c2cccc(N3CCc4cc(C5CC5)cc(F)c4C3=O)c2CO)n1. The van der Waals surface area contributed by atoms with Crippen molar-refractivity contribution in [3.8, 4) is 11.4 Å². The third-order valence-electron chi connectivity index (χ3n) is 8.44. The molecule has 1 saturated carbocycles. The molecule has 2 fully saturated rings. The van der Waals surface area contributed by atoms with Crippen LogP contribution < -0.4 is 16.0 Å². The van der Waals surface area contributed by atoms with Crippen LogP contribution in [0.1, 0.15) is 45.8 Å². The summed E-state index contributed by atoms with van der Waals surface area (Å²) in [5.41, 5.74) is 9.97. The first-order valence-electron chi connectivity index (χ1n) is 15.0. The van der Waals surface area contributed by atoms with Crippen molar-refractivity contribution in [2.45, 2.75) is 38.3 Å². The molecule has 228 valence electrons. The molecule has 13 heteroatoms. The molecule has 0 unspecified atom stereocenters. The van der Waals surface area contributed by atoms with Crippen molar-refractivity contribution in [2.75, 3.05) is 55.3 Å². The second kappa shape index (κ2) is 11.9. The average molecular weight is 600 g/mol. The van der Waals surface area contributed by atoms with Crippen LogP contribution >= 0.6 is 0 Å². The van der Waals surface area contributed by atoms with Crippen molar-refractivity contribution in [3.63, 3.8) is 0 Å². The van der Waals surface area contributed by atoms with E-state index in [1.807, 2.05) is 16.9 Å². The summed E-state index contributed by atoms with van der Waals surface area (Å²) in [5, 5.41) is 18.1. The maximum absolute atomic E-state index is 15.2. The number of anilines is 4. The summed E-state index contributed by atoms with van der Waals surface area (Å²) in [5.74, 6) is -0.0960. The van der Waals surface area contributed by atoms with Gasteiger partial charge in [0.1, 0.15) is 5.82 Å². The molecule has 1 amide bonds. The minimum atomic E-state index is -0.494. The second-order valence-electron chi connectivity index (χ2n) is 11.4. The van der Waals surface area contributed by atoms with E-state index in [9.17, 15) is 9.90 Å². The fourth-order valence-electron chi connectivity index (χ4n) is 5.99. The first-order valence-corrected chi connectivity index (χ1v) is 15.0. The van der Waals surface area contributed by atoms with Gasteiger partial charge in [0.2, 0.25) is 11.9 Å². The van der Waals surface area contributed by atoms with Crippen LogP contribution in [0.2, 0.25) is 0 Å². The van der Waals surface area contributed by atoms with Gasteiger partial charge in [-0.1, -0.05) is 18.2 Å². The van der Waals surface area contributed by atoms with Crippen LogP contribution in [0.4, 0.5) is 27.7 Å². The number of nitrogens with one attached hydrogen (secondary N) is 1. The van der Waals surface area contributed by atoms with Crippen LogP contribution in [-0.4, -0.2) is 80.0 Å². The van der Waals surface area contributed by atoms with Crippen molar-refractivity contribution >= 4 is 29.2 Å². The Morgan fingerprint density at radius 3 is 2.73 bits per heavy atom. The van der Waals surface area contributed by atoms with Crippen molar-refractivity contribution < 1.29 is 19.0 Å². The van der Waals surface area contributed by atoms with E-state index < -0.39 is 18.3 Å². The number of aliphatic hydroxyl groups is 1. The monoisotopic (exact) mass is 599 g/mol. The van der Waals surface area contributed by atoms with Crippen LogP contribution in [0.3, 0.4) is 0 Å². The quantitative estimate of drug-likeness (QED) is 0.262. The number of ether oxygens (including phenoxy) is 1. The Bertz CT molecular complexity index is 1700. The summed E-state index contributed by atoms with van der Waals surface area (Å²) in [6.07, 6.45) is 6.18. The molecule has 0 bridgehead atoms. The second-order valence-corrected chi connectivity index (χ2v) is 11.4. The van der Waals surface area contributed by atoms with Gasteiger partial charge < -0.3 is 25.8 Å². The molecule has 7 rings (SSSR count). The van der Waals surface area contributed by atoms with Crippen molar-refractivity contribution in [2.24, 2.45) is 0 Å². The van der Waals surface area contributed by atoms with Gasteiger partial charge >= 0.3 is 0 Å². The molecule has 0 atom stereocenters. The number of halogens is 1. The average Bonchev–Trinajstić information content (AvgIpc) is 3.79. The fraction of sp³-hybridized carbons (Fsp3) is 0.387. The summed E-state index contributed by atoms with van der Waals surface area (Å²) in [4.78, 5) is 30.6. The summed E-state index contributed by atoms with van der Waals surface area (Å²) < 4.78 is 22.5. The van der Waals surface area contributed by atoms with Crippen LogP contribution in [-0.2, 0) is 24.3 Å². The number of nitrogen functional groups attached to an aromatic ring is 1. The number of carbonyl (C=O) groups excluding carboxylic acids is 1. The van der Waals surface area contributed by atoms with E-state index in [1.165, 1.54) is 11.0 Å². The van der Waals surface area contributed by atoms with Crippen LogP contribution in [0, 0.1) is 5.82 Å². The van der Waals surface area contributed by atoms with E-state index in [1.54, 1.807) is 24.4 Å². The molecular weight excluding hydrogens is 565 g/mol. The highest BCUT2D eigenvalue weighted by atomic mass is 19.1.